The molecular weight excluding hydrogens is 216 g/mol. The molecule has 0 fully saturated rings. The quantitative estimate of drug-likeness (QED) is 0.561. The highest BCUT2D eigenvalue weighted by Gasteiger charge is 2.04. The molecule has 0 atom stereocenters. The molecule has 0 saturated heterocycles. The van der Waals surface area contributed by atoms with Crippen LogP contribution in [-0.2, 0) is 16.0 Å². The SMILES string of the molecule is COC(=O)c1ccc(CCCCC(C)=O)cc1. The second-order valence-corrected chi connectivity index (χ2v) is 4.10. The zero-order chi connectivity index (χ0) is 12.7. The van der Waals surface area contributed by atoms with E-state index >= 15 is 0 Å². The summed E-state index contributed by atoms with van der Waals surface area (Å²) in [6, 6.07) is 7.40. The van der Waals surface area contributed by atoms with E-state index in [0.29, 0.717) is 12.0 Å². The molecule has 0 spiro atoms. The smallest absolute Gasteiger partial charge is 0.337 e. The molecule has 1 aromatic carbocycles. The average Bonchev–Trinajstić information content (AvgIpc) is 2.34. The van der Waals surface area contributed by atoms with E-state index in [-0.39, 0.29) is 11.8 Å². The van der Waals surface area contributed by atoms with Gasteiger partial charge in [0.2, 0.25) is 0 Å². The van der Waals surface area contributed by atoms with Crippen LogP contribution in [0.3, 0.4) is 0 Å². The third kappa shape index (κ3) is 4.81. The van der Waals surface area contributed by atoms with Crippen LogP contribution in [-0.4, -0.2) is 18.9 Å². The lowest BCUT2D eigenvalue weighted by Crippen LogP contribution is -2.00. The van der Waals surface area contributed by atoms with Crippen molar-refractivity contribution in [1.29, 1.82) is 0 Å². The van der Waals surface area contributed by atoms with Crippen molar-refractivity contribution in [3.05, 3.63) is 35.4 Å². The second kappa shape index (κ2) is 6.84. The molecule has 3 nitrogen and oxygen atoms in total. The van der Waals surface area contributed by atoms with Gasteiger partial charge in [-0.05, 0) is 43.9 Å². The summed E-state index contributed by atoms with van der Waals surface area (Å²) in [5, 5.41) is 0. The number of hydrogen-bond acceptors (Lipinski definition) is 3. The number of esters is 1. The molecule has 0 bridgehead atoms. The number of rotatable bonds is 6. The Kier molecular flexibility index (Phi) is 5.40. The van der Waals surface area contributed by atoms with Crippen molar-refractivity contribution in [2.75, 3.05) is 7.11 Å². The van der Waals surface area contributed by atoms with Gasteiger partial charge in [0, 0.05) is 6.42 Å². The molecule has 3 heteroatoms. The highest BCUT2D eigenvalue weighted by Crippen LogP contribution is 2.09. The maximum absolute atomic E-state index is 11.2. The summed E-state index contributed by atoms with van der Waals surface area (Å²) in [4.78, 5) is 22.0. The summed E-state index contributed by atoms with van der Waals surface area (Å²) in [7, 11) is 1.37. The van der Waals surface area contributed by atoms with Crippen molar-refractivity contribution in [3.8, 4) is 0 Å². The number of carbonyl (C=O) groups is 2. The average molecular weight is 234 g/mol. The highest BCUT2D eigenvalue weighted by molar-refractivity contribution is 5.89. The van der Waals surface area contributed by atoms with Gasteiger partial charge in [-0.1, -0.05) is 12.1 Å². The Balaban J connectivity index is 2.40. The number of Topliss-reactive ketones (excluding diaryl/α,β-unsaturated/α-hetero) is 1. The van der Waals surface area contributed by atoms with E-state index in [1.165, 1.54) is 12.7 Å². The van der Waals surface area contributed by atoms with Gasteiger partial charge >= 0.3 is 5.97 Å². The first-order valence-electron chi connectivity index (χ1n) is 5.80. The Morgan fingerprint density at radius 3 is 2.29 bits per heavy atom. The lowest BCUT2D eigenvalue weighted by Gasteiger charge is -2.02. The third-order valence-electron chi connectivity index (χ3n) is 2.62. The van der Waals surface area contributed by atoms with Gasteiger partial charge in [0.1, 0.15) is 5.78 Å². The Labute approximate surface area is 102 Å². The molecule has 0 unspecified atom stereocenters. The van der Waals surface area contributed by atoms with E-state index in [0.717, 1.165) is 19.3 Å². The maximum atomic E-state index is 11.2. The molecule has 0 radical (unpaired) electrons. The Morgan fingerprint density at radius 2 is 1.76 bits per heavy atom. The van der Waals surface area contributed by atoms with Gasteiger partial charge in [-0.15, -0.1) is 0 Å². The minimum atomic E-state index is -0.312. The molecule has 0 aromatic heterocycles. The minimum absolute atomic E-state index is 0.242. The number of ketones is 1. The first-order chi connectivity index (χ1) is 8.13. The predicted molar refractivity (Wildman–Crippen MR) is 66.0 cm³/mol. The predicted octanol–water partition coefficient (Wildman–Crippen LogP) is 2.78. The van der Waals surface area contributed by atoms with Crippen LogP contribution in [0.4, 0.5) is 0 Å². The van der Waals surface area contributed by atoms with Gasteiger partial charge in [0.25, 0.3) is 0 Å². The van der Waals surface area contributed by atoms with Gasteiger partial charge in [0.15, 0.2) is 0 Å². The van der Waals surface area contributed by atoms with E-state index in [2.05, 4.69) is 4.74 Å². The standard InChI is InChI=1S/C14H18O3/c1-11(15)5-3-4-6-12-7-9-13(10-8-12)14(16)17-2/h7-10H,3-6H2,1-2H3. The molecule has 0 heterocycles. The number of aryl methyl sites for hydroxylation is 1. The second-order valence-electron chi connectivity index (χ2n) is 4.10. The molecule has 0 aliphatic carbocycles. The van der Waals surface area contributed by atoms with Crippen LogP contribution >= 0.6 is 0 Å². The van der Waals surface area contributed by atoms with Crippen LogP contribution in [0.2, 0.25) is 0 Å². The lowest BCUT2D eigenvalue weighted by molar-refractivity contribution is -0.117. The molecule has 0 N–H and O–H groups in total. The fourth-order valence-electron chi connectivity index (χ4n) is 1.63. The topological polar surface area (TPSA) is 43.4 Å². The Hall–Kier alpha value is -1.64. The monoisotopic (exact) mass is 234 g/mol. The third-order valence-corrected chi connectivity index (χ3v) is 2.62. The number of carbonyl (C=O) groups excluding carboxylic acids is 2. The number of methoxy groups -OCH3 is 1. The van der Waals surface area contributed by atoms with Crippen molar-refractivity contribution in [2.45, 2.75) is 32.6 Å². The summed E-state index contributed by atoms with van der Waals surface area (Å²) in [6.45, 7) is 1.62. The molecule has 0 aliphatic heterocycles. The van der Waals surface area contributed by atoms with E-state index in [1.807, 2.05) is 12.1 Å². The molecule has 0 amide bonds. The maximum Gasteiger partial charge on any atom is 0.337 e. The molecule has 0 aliphatic rings. The van der Waals surface area contributed by atoms with Gasteiger partial charge in [-0.3, -0.25) is 0 Å². The summed E-state index contributed by atoms with van der Waals surface area (Å²) < 4.78 is 4.62. The molecule has 0 saturated carbocycles. The van der Waals surface area contributed by atoms with Crippen LogP contribution in [0.25, 0.3) is 0 Å². The molecule has 1 rings (SSSR count). The van der Waals surface area contributed by atoms with Crippen molar-refractivity contribution < 1.29 is 14.3 Å². The van der Waals surface area contributed by atoms with Crippen molar-refractivity contribution in [2.24, 2.45) is 0 Å². The van der Waals surface area contributed by atoms with Gasteiger partial charge in [-0.2, -0.15) is 0 Å². The summed E-state index contributed by atoms with van der Waals surface area (Å²) in [6.07, 6.45) is 3.51. The first kappa shape index (κ1) is 13.4. The molecular formula is C14H18O3. The number of ether oxygens (including phenoxy) is 1. The summed E-state index contributed by atoms with van der Waals surface area (Å²) in [5.74, 6) is -0.0702. The van der Waals surface area contributed by atoms with Crippen molar-refractivity contribution in [1.82, 2.24) is 0 Å². The molecule has 17 heavy (non-hydrogen) atoms. The summed E-state index contributed by atoms with van der Waals surface area (Å²) >= 11 is 0. The first-order valence-corrected chi connectivity index (χ1v) is 5.80. The minimum Gasteiger partial charge on any atom is -0.465 e. The largest absolute Gasteiger partial charge is 0.465 e. The molecule has 92 valence electrons. The normalized spacial score (nSPS) is 10.0. The molecule has 1 aromatic rings. The van der Waals surface area contributed by atoms with Crippen LogP contribution in [0.15, 0.2) is 24.3 Å². The van der Waals surface area contributed by atoms with Crippen LogP contribution in [0.5, 0.6) is 0 Å². The van der Waals surface area contributed by atoms with Crippen LogP contribution in [0, 0.1) is 0 Å². The fourth-order valence-corrected chi connectivity index (χ4v) is 1.63. The van der Waals surface area contributed by atoms with E-state index in [1.54, 1.807) is 19.1 Å². The zero-order valence-corrected chi connectivity index (χ0v) is 10.4. The van der Waals surface area contributed by atoms with Crippen molar-refractivity contribution >= 4 is 11.8 Å². The number of hydrogen-bond donors (Lipinski definition) is 0. The highest BCUT2D eigenvalue weighted by atomic mass is 16.5. The number of unbranched alkanes of at least 4 members (excludes halogenated alkanes) is 1. The van der Waals surface area contributed by atoms with E-state index in [4.69, 9.17) is 0 Å². The van der Waals surface area contributed by atoms with Crippen LogP contribution in [0.1, 0.15) is 42.1 Å². The Morgan fingerprint density at radius 1 is 1.12 bits per heavy atom. The Bertz CT molecular complexity index is 379. The van der Waals surface area contributed by atoms with Gasteiger partial charge < -0.3 is 9.53 Å². The fraction of sp³-hybridized carbons (Fsp3) is 0.429. The van der Waals surface area contributed by atoms with Crippen LogP contribution < -0.4 is 0 Å². The lowest BCUT2D eigenvalue weighted by atomic mass is 10.0. The zero-order valence-electron chi connectivity index (χ0n) is 10.4. The summed E-state index contributed by atoms with van der Waals surface area (Å²) in [5.41, 5.74) is 1.75. The van der Waals surface area contributed by atoms with E-state index in [9.17, 15) is 9.59 Å². The van der Waals surface area contributed by atoms with Crippen molar-refractivity contribution in [3.63, 3.8) is 0 Å². The van der Waals surface area contributed by atoms with Gasteiger partial charge in [0.05, 0.1) is 12.7 Å². The van der Waals surface area contributed by atoms with Gasteiger partial charge in [-0.25, -0.2) is 4.79 Å². The number of benzene rings is 1. The van der Waals surface area contributed by atoms with E-state index < -0.39 is 0 Å².